The molecule has 0 saturated heterocycles. The van der Waals surface area contributed by atoms with Crippen molar-refractivity contribution in [2.75, 3.05) is 0 Å². The first-order valence-corrected chi connectivity index (χ1v) is 8.40. The van der Waals surface area contributed by atoms with Gasteiger partial charge in [0, 0.05) is 5.57 Å². The highest BCUT2D eigenvalue weighted by atomic mass is 28.3. The zero-order valence-electron chi connectivity index (χ0n) is 9.99. The summed E-state index contributed by atoms with van der Waals surface area (Å²) in [4.78, 5) is 10.7. The minimum Gasteiger partial charge on any atom is -0.234 e. The number of carbonyl (C=O) groups excluding carboxylic acids is 1. The van der Waals surface area contributed by atoms with Crippen molar-refractivity contribution in [3.8, 4) is 0 Å². The average Bonchev–Trinajstić information content (AvgIpc) is 1.80. The van der Waals surface area contributed by atoms with Gasteiger partial charge in [0.05, 0.1) is 8.07 Å². The van der Waals surface area contributed by atoms with E-state index in [4.69, 9.17) is 0 Å². The molecule has 0 radical (unpaired) electrons. The second-order valence-electron chi connectivity index (χ2n) is 5.95. The van der Waals surface area contributed by atoms with Gasteiger partial charge in [-0.2, -0.15) is 0 Å². The van der Waals surface area contributed by atoms with Crippen LogP contribution >= 0.6 is 0 Å². The number of hydrogen-bond donors (Lipinski definition) is 0. The second-order valence-corrected chi connectivity index (χ2v) is 11.3. The van der Waals surface area contributed by atoms with Crippen molar-refractivity contribution in [1.82, 2.24) is 0 Å². The predicted octanol–water partition coefficient (Wildman–Crippen LogP) is 3.52. The first-order valence-electron chi connectivity index (χ1n) is 4.82. The molecule has 0 saturated carbocycles. The Labute approximate surface area is 83.2 Å². The molecule has 0 aliphatic carbocycles. The first kappa shape index (κ1) is 12.7. The molecule has 0 fully saturated rings. The van der Waals surface area contributed by atoms with Crippen LogP contribution in [0.2, 0.25) is 25.2 Å². The molecule has 1 nitrogen and oxygen atoms in total. The van der Waals surface area contributed by atoms with Crippen molar-refractivity contribution in [3.05, 3.63) is 5.57 Å². The van der Waals surface area contributed by atoms with Gasteiger partial charge in [-0.05, 0) is 17.9 Å². The van der Waals surface area contributed by atoms with Crippen molar-refractivity contribution in [3.63, 3.8) is 0 Å². The van der Waals surface area contributed by atoms with E-state index >= 15 is 0 Å². The van der Waals surface area contributed by atoms with Gasteiger partial charge in [-0.3, -0.25) is 0 Å². The van der Waals surface area contributed by atoms with Gasteiger partial charge in [-0.15, -0.1) is 0 Å². The van der Waals surface area contributed by atoms with E-state index in [0.717, 1.165) is 5.57 Å². The minimum atomic E-state index is -1.31. The molecule has 1 atom stereocenters. The third kappa shape index (κ3) is 3.49. The largest absolute Gasteiger partial charge is 0.234 e. The standard InChI is InChI=1S/C11H22OSi/c1-9(8-12)10(11(2,3)4)13(5,6)7/h10H,1-7H3. The Morgan fingerprint density at radius 2 is 1.62 bits per heavy atom. The van der Waals surface area contributed by atoms with Crippen LogP contribution in [0.25, 0.3) is 0 Å². The van der Waals surface area contributed by atoms with Gasteiger partial charge in [0.15, 0.2) is 0 Å². The van der Waals surface area contributed by atoms with E-state index in [2.05, 4.69) is 46.4 Å². The predicted molar refractivity (Wildman–Crippen MR) is 61.4 cm³/mol. The van der Waals surface area contributed by atoms with Crippen molar-refractivity contribution in [2.24, 2.45) is 5.41 Å². The molecule has 0 N–H and O–H groups in total. The average molecular weight is 198 g/mol. The molecule has 0 aromatic rings. The Morgan fingerprint density at radius 3 is 1.69 bits per heavy atom. The summed E-state index contributed by atoms with van der Waals surface area (Å²) in [5.41, 5.74) is 1.51. The van der Waals surface area contributed by atoms with E-state index in [1.165, 1.54) is 0 Å². The number of hydrogen-bond acceptors (Lipinski definition) is 1. The lowest BCUT2D eigenvalue weighted by Gasteiger charge is -2.39. The molecule has 0 spiro atoms. The second kappa shape index (κ2) is 3.81. The van der Waals surface area contributed by atoms with Crippen LogP contribution in [0, 0.1) is 5.41 Å². The van der Waals surface area contributed by atoms with Crippen molar-refractivity contribution < 1.29 is 4.79 Å². The normalized spacial score (nSPS) is 15.0. The van der Waals surface area contributed by atoms with Crippen LogP contribution in [0.4, 0.5) is 0 Å². The van der Waals surface area contributed by atoms with E-state index in [1.54, 1.807) is 0 Å². The Morgan fingerprint density at radius 1 is 1.23 bits per heavy atom. The maximum atomic E-state index is 10.7. The van der Waals surface area contributed by atoms with Crippen molar-refractivity contribution >= 4 is 14.0 Å². The Hall–Kier alpha value is -0.333. The molecule has 0 rings (SSSR count). The van der Waals surface area contributed by atoms with E-state index < -0.39 is 8.07 Å². The van der Waals surface area contributed by atoms with Crippen LogP contribution in [0.3, 0.4) is 0 Å². The molecule has 0 aromatic carbocycles. The summed E-state index contributed by atoms with van der Waals surface area (Å²) in [6, 6.07) is 0. The summed E-state index contributed by atoms with van der Waals surface area (Å²) in [5, 5.41) is 0. The summed E-state index contributed by atoms with van der Waals surface area (Å²) in [6.07, 6.45) is 0. The molecular formula is C11H22OSi. The van der Waals surface area contributed by atoms with Gasteiger partial charge in [0.25, 0.3) is 0 Å². The quantitative estimate of drug-likeness (QED) is 0.490. The Balaban J connectivity index is 5.13. The zero-order valence-corrected chi connectivity index (χ0v) is 11.0. The van der Waals surface area contributed by atoms with E-state index in [9.17, 15) is 4.79 Å². The third-order valence-corrected chi connectivity index (χ3v) is 5.36. The maximum absolute atomic E-state index is 10.7. The third-order valence-electron chi connectivity index (χ3n) is 2.33. The molecule has 0 bridgehead atoms. The molecular weight excluding hydrogens is 176 g/mol. The lowest BCUT2D eigenvalue weighted by Crippen LogP contribution is -2.37. The van der Waals surface area contributed by atoms with Gasteiger partial charge in [0.2, 0.25) is 0 Å². The molecule has 2 heteroatoms. The zero-order chi connectivity index (χ0) is 10.9. The molecule has 0 heterocycles. The van der Waals surface area contributed by atoms with Crippen LogP contribution in [-0.4, -0.2) is 14.0 Å². The fourth-order valence-electron chi connectivity index (χ4n) is 2.66. The van der Waals surface area contributed by atoms with Crippen molar-refractivity contribution in [2.45, 2.75) is 52.9 Å². The van der Waals surface area contributed by atoms with Gasteiger partial charge in [-0.1, -0.05) is 40.4 Å². The first-order chi connectivity index (χ1) is 5.60. The summed E-state index contributed by atoms with van der Waals surface area (Å²) in [6.45, 7) is 15.5. The molecule has 0 aromatic heterocycles. The van der Waals surface area contributed by atoms with Crippen LogP contribution in [0.15, 0.2) is 5.57 Å². The van der Waals surface area contributed by atoms with E-state index in [0.29, 0.717) is 5.54 Å². The van der Waals surface area contributed by atoms with E-state index in [1.807, 2.05) is 6.92 Å². The van der Waals surface area contributed by atoms with E-state index in [-0.39, 0.29) is 5.41 Å². The highest BCUT2D eigenvalue weighted by Gasteiger charge is 2.37. The van der Waals surface area contributed by atoms with Crippen molar-refractivity contribution in [1.29, 1.82) is 0 Å². The molecule has 0 amide bonds. The van der Waals surface area contributed by atoms with Gasteiger partial charge < -0.3 is 0 Å². The molecule has 0 aliphatic heterocycles. The van der Waals surface area contributed by atoms with Gasteiger partial charge >= 0.3 is 0 Å². The Bertz CT molecular complexity index is 209. The SMILES string of the molecule is CC(=C=O)C(C(C)(C)C)[Si](C)(C)C. The van der Waals surface area contributed by atoms with Crippen LogP contribution in [0.1, 0.15) is 27.7 Å². The maximum Gasteiger partial charge on any atom is 0.123 e. The summed E-state index contributed by atoms with van der Waals surface area (Å²) in [7, 11) is -1.31. The Kier molecular flexibility index (Phi) is 3.71. The number of rotatable bonds is 2. The molecule has 13 heavy (non-hydrogen) atoms. The molecule has 0 aliphatic rings. The number of allylic oxidation sites excluding steroid dienone is 1. The molecule has 76 valence electrons. The summed E-state index contributed by atoms with van der Waals surface area (Å²) in [5.74, 6) is 2.08. The topological polar surface area (TPSA) is 17.1 Å². The minimum absolute atomic E-state index is 0.186. The highest BCUT2D eigenvalue weighted by Crippen LogP contribution is 2.43. The highest BCUT2D eigenvalue weighted by molar-refractivity contribution is 6.78. The molecule has 1 unspecified atom stereocenters. The monoisotopic (exact) mass is 198 g/mol. The van der Waals surface area contributed by atoms with Crippen LogP contribution < -0.4 is 0 Å². The fraction of sp³-hybridized carbons (Fsp3) is 0.818. The van der Waals surface area contributed by atoms with Crippen LogP contribution in [-0.2, 0) is 4.79 Å². The lowest BCUT2D eigenvalue weighted by molar-refractivity contribution is 0.400. The smallest absolute Gasteiger partial charge is 0.123 e. The van der Waals surface area contributed by atoms with Gasteiger partial charge in [-0.25, -0.2) is 4.79 Å². The summed E-state index contributed by atoms with van der Waals surface area (Å²) < 4.78 is 0. The van der Waals surface area contributed by atoms with Gasteiger partial charge in [0.1, 0.15) is 5.94 Å². The summed E-state index contributed by atoms with van der Waals surface area (Å²) >= 11 is 0. The van der Waals surface area contributed by atoms with Crippen LogP contribution in [0.5, 0.6) is 0 Å². The fourth-order valence-corrected chi connectivity index (χ4v) is 6.61. The lowest BCUT2D eigenvalue weighted by atomic mass is 9.88.